The summed E-state index contributed by atoms with van der Waals surface area (Å²) in [7, 11) is 1.90. The molecule has 7 nitrogen and oxygen atoms in total. The van der Waals surface area contributed by atoms with Gasteiger partial charge >= 0.3 is 0 Å². The van der Waals surface area contributed by atoms with Crippen molar-refractivity contribution in [2.45, 2.75) is 31.6 Å². The molecule has 1 aliphatic rings. The summed E-state index contributed by atoms with van der Waals surface area (Å²) in [5, 5.41) is 15.5. The molecule has 0 radical (unpaired) electrons. The van der Waals surface area contributed by atoms with Crippen molar-refractivity contribution in [3.8, 4) is 22.9 Å². The van der Waals surface area contributed by atoms with E-state index in [9.17, 15) is 5.11 Å². The molecule has 1 aliphatic heterocycles. The molecule has 3 aromatic rings. The van der Waals surface area contributed by atoms with Crippen molar-refractivity contribution in [1.29, 1.82) is 0 Å². The topological polar surface area (TPSA) is 69.0 Å². The lowest BCUT2D eigenvalue weighted by atomic mass is 10.1. The Bertz CT molecular complexity index is 1050. The van der Waals surface area contributed by atoms with E-state index in [0.717, 1.165) is 42.0 Å². The van der Waals surface area contributed by atoms with Crippen molar-refractivity contribution >= 4 is 0 Å². The molecule has 1 saturated heterocycles. The van der Waals surface area contributed by atoms with E-state index < -0.39 is 6.10 Å². The molecule has 1 fully saturated rings. The van der Waals surface area contributed by atoms with E-state index in [1.165, 1.54) is 0 Å². The molecular weight excluding hydrogens is 442 g/mol. The zero-order valence-electron chi connectivity index (χ0n) is 20.4. The van der Waals surface area contributed by atoms with Crippen LogP contribution in [0.2, 0.25) is 0 Å². The molecule has 7 heteroatoms. The average Bonchev–Trinajstić information content (AvgIpc) is 3.49. The van der Waals surface area contributed by atoms with E-state index >= 15 is 0 Å². The number of benzene rings is 2. The standard InChI is InChI=1S/C28H35N3O4/c1-3-16-33-21-23(32)18-31(19-25-15-10-17-34-25)20-26-27(22-11-6-4-7-12-22)29-30(2)28(26)35-24-13-8-5-9-14-24/h3-9,11-14,23,25,32H,1,10,15-21H2,2H3/t23-,25+/m0/s1. The Balaban J connectivity index is 1.64. The second kappa shape index (κ2) is 12.7. The van der Waals surface area contributed by atoms with Gasteiger partial charge in [0.15, 0.2) is 0 Å². The zero-order valence-corrected chi connectivity index (χ0v) is 20.4. The van der Waals surface area contributed by atoms with Crippen LogP contribution in [0.25, 0.3) is 11.3 Å². The van der Waals surface area contributed by atoms with E-state index in [1.807, 2.05) is 55.6 Å². The molecular formula is C28H35N3O4. The van der Waals surface area contributed by atoms with Gasteiger partial charge in [0.1, 0.15) is 11.4 Å². The highest BCUT2D eigenvalue weighted by atomic mass is 16.5. The summed E-state index contributed by atoms with van der Waals surface area (Å²) in [5.41, 5.74) is 2.86. The monoisotopic (exact) mass is 477 g/mol. The second-order valence-electron chi connectivity index (χ2n) is 8.85. The fraction of sp³-hybridized carbons (Fsp3) is 0.393. The van der Waals surface area contributed by atoms with Crippen LogP contribution in [-0.2, 0) is 23.1 Å². The minimum absolute atomic E-state index is 0.145. The number of aliphatic hydroxyl groups excluding tert-OH is 1. The van der Waals surface area contributed by atoms with Gasteiger partial charge in [0.2, 0.25) is 5.88 Å². The lowest BCUT2D eigenvalue weighted by Crippen LogP contribution is -2.39. The maximum atomic E-state index is 10.7. The number of aromatic nitrogens is 2. The number of ether oxygens (including phenoxy) is 3. The summed E-state index contributed by atoms with van der Waals surface area (Å²) in [6.07, 6.45) is 3.28. The van der Waals surface area contributed by atoms with Crippen LogP contribution in [-0.4, -0.2) is 64.9 Å². The van der Waals surface area contributed by atoms with Crippen LogP contribution in [0, 0.1) is 0 Å². The van der Waals surface area contributed by atoms with Gasteiger partial charge in [-0.2, -0.15) is 5.10 Å². The van der Waals surface area contributed by atoms with E-state index in [-0.39, 0.29) is 12.7 Å². The highest BCUT2D eigenvalue weighted by Gasteiger charge is 2.26. The lowest BCUT2D eigenvalue weighted by Gasteiger charge is -2.27. The predicted molar refractivity (Wildman–Crippen MR) is 136 cm³/mol. The number of rotatable bonds is 13. The maximum absolute atomic E-state index is 10.7. The number of hydrogen-bond acceptors (Lipinski definition) is 6. The third-order valence-electron chi connectivity index (χ3n) is 5.98. The minimum Gasteiger partial charge on any atom is -0.439 e. The van der Waals surface area contributed by atoms with Crippen LogP contribution in [0.4, 0.5) is 0 Å². The smallest absolute Gasteiger partial charge is 0.222 e. The third kappa shape index (κ3) is 7.02. The fourth-order valence-corrected chi connectivity index (χ4v) is 4.39. The molecule has 0 saturated carbocycles. The van der Waals surface area contributed by atoms with Gasteiger partial charge in [0.05, 0.1) is 31.0 Å². The van der Waals surface area contributed by atoms with Gasteiger partial charge in [-0.3, -0.25) is 4.90 Å². The molecule has 2 heterocycles. The van der Waals surface area contributed by atoms with E-state index in [1.54, 1.807) is 10.8 Å². The van der Waals surface area contributed by atoms with Gasteiger partial charge < -0.3 is 19.3 Å². The SMILES string of the molecule is C=CCOC[C@@H](O)CN(Cc1c(-c2ccccc2)nn(C)c1Oc1ccccc1)C[C@H]1CCCO1. The number of hydrogen-bond donors (Lipinski definition) is 1. The molecule has 0 spiro atoms. The van der Waals surface area contributed by atoms with E-state index in [2.05, 4.69) is 23.6 Å². The average molecular weight is 478 g/mol. The van der Waals surface area contributed by atoms with Crippen LogP contribution < -0.4 is 4.74 Å². The highest BCUT2D eigenvalue weighted by Crippen LogP contribution is 2.34. The number of aliphatic hydroxyl groups is 1. The highest BCUT2D eigenvalue weighted by molar-refractivity contribution is 5.65. The normalized spacial score (nSPS) is 16.5. The Labute approximate surface area is 207 Å². The fourth-order valence-electron chi connectivity index (χ4n) is 4.39. The molecule has 1 N–H and O–H groups in total. The number of para-hydroxylation sites is 1. The van der Waals surface area contributed by atoms with Gasteiger partial charge in [0.25, 0.3) is 0 Å². The van der Waals surface area contributed by atoms with Crippen molar-refractivity contribution < 1.29 is 19.3 Å². The quantitative estimate of drug-likeness (QED) is 0.290. The summed E-state index contributed by atoms with van der Waals surface area (Å²) < 4.78 is 19.6. The minimum atomic E-state index is -0.633. The molecule has 0 aliphatic carbocycles. The van der Waals surface area contributed by atoms with Crippen LogP contribution in [0.1, 0.15) is 18.4 Å². The van der Waals surface area contributed by atoms with Gasteiger partial charge in [-0.05, 0) is 25.0 Å². The van der Waals surface area contributed by atoms with Gasteiger partial charge in [-0.25, -0.2) is 4.68 Å². The first-order valence-electron chi connectivity index (χ1n) is 12.2. The molecule has 2 aromatic carbocycles. The van der Waals surface area contributed by atoms with E-state index in [0.29, 0.717) is 32.1 Å². The van der Waals surface area contributed by atoms with Crippen molar-refractivity contribution in [2.24, 2.45) is 7.05 Å². The van der Waals surface area contributed by atoms with E-state index in [4.69, 9.17) is 19.3 Å². The van der Waals surface area contributed by atoms with Crippen molar-refractivity contribution in [2.75, 3.05) is 32.9 Å². The van der Waals surface area contributed by atoms with Gasteiger partial charge in [0, 0.05) is 38.9 Å². The summed E-state index contributed by atoms with van der Waals surface area (Å²) in [6, 6.07) is 19.9. The molecule has 0 unspecified atom stereocenters. The molecule has 0 bridgehead atoms. The van der Waals surface area contributed by atoms with Crippen LogP contribution >= 0.6 is 0 Å². The number of nitrogens with zero attached hydrogens (tertiary/aromatic N) is 3. The Morgan fingerprint density at radius 1 is 1.20 bits per heavy atom. The maximum Gasteiger partial charge on any atom is 0.222 e. The third-order valence-corrected chi connectivity index (χ3v) is 5.98. The zero-order chi connectivity index (χ0) is 24.5. The molecule has 1 aromatic heterocycles. The summed E-state index contributed by atoms with van der Waals surface area (Å²) in [6.45, 7) is 6.84. The van der Waals surface area contributed by atoms with Crippen LogP contribution in [0.15, 0.2) is 73.3 Å². The van der Waals surface area contributed by atoms with Gasteiger partial charge in [-0.1, -0.05) is 54.6 Å². The number of aryl methyl sites for hydroxylation is 1. The van der Waals surface area contributed by atoms with Crippen molar-refractivity contribution in [1.82, 2.24) is 14.7 Å². The van der Waals surface area contributed by atoms with Crippen molar-refractivity contribution in [3.63, 3.8) is 0 Å². The summed E-state index contributed by atoms with van der Waals surface area (Å²) >= 11 is 0. The van der Waals surface area contributed by atoms with Gasteiger partial charge in [-0.15, -0.1) is 6.58 Å². The first kappa shape index (κ1) is 25.1. The first-order valence-corrected chi connectivity index (χ1v) is 12.2. The Morgan fingerprint density at radius 3 is 2.63 bits per heavy atom. The Kier molecular flexibility index (Phi) is 9.08. The Hall–Kier alpha value is -2.97. The van der Waals surface area contributed by atoms with Crippen LogP contribution in [0.3, 0.4) is 0 Å². The summed E-state index contributed by atoms with van der Waals surface area (Å²) in [4.78, 5) is 2.22. The molecule has 35 heavy (non-hydrogen) atoms. The summed E-state index contributed by atoms with van der Waals surface area (Å²) in [5.74, 6) is 1.43. The first-order chi connectivity index (χ1) is 17.1. The molecule has 2 atom stereocenters. The molecule has 186 valence electrons. The molecule has 4 rings (SSSR count). The second-order valence-corrected chi connectivity index (χ2v) is 8.85. The lowest BCUT2D eigenvalue weighted by molar-refractivity contribution is 0.00845. The van der Waals surface area contributed by atoms with Crippen LogP contribution in [0.5, 0.6) is 11.6 Å². The molecule has 0 amide bonds. The van der Waals surface area contributed by atoms with Crippen molar-refractivity contribution in [3.05, 3.63) is 78.9 Å². The largest absolute Gasteiger partial charge is 0.439 e. The Morgan fingerprint density at radius 2 is 1.94 bits per heavy atom. The predicted octanol–water partition coefficient (Wildman–Crippen LogP) is 4.42.